The smallest absolute Gasteiger partial charge is 0.251 e. The van der Waals surface area contributed by atoms with Crippen LogP contribution in [0, 0.1) is 0 Å². The number of hydrogen-bond donors (Lipinski definition) is 2. The summed E-state index contributed by atoms with van der Waals surface area (Å²) in [7, 11) is 0. The van der Waals surface area contributed by atoms with Gasteiger partial charge in [-0.3, -0.25) is 4.79 Å². The van der Waals surface area contributed by atoms with Crippen molar-refractivity contribution in [2.75, 3.05) is 6.61 Å². The first-order valence-corrected chi connectivity index (χ1v) is 8.00. The molecule has 2 heterocycles. The zero-order valence-electron chi connectivity index (χ0n) is 12.5. The highest BCUT2D eigenvalue weighted by Crippen LogP contribution is 2.39. The molecule has 22 heavy (non-hydrogen) atoms. The van der Waals surface area contributed by atoms with Gasteiger partial charge in [-0.25, -0.2) is 0 Å². The van der Waals surface area contributed by atoms with Crippen molar-refractivity contribution in [2.24, 2.45) is 0 Å². The van der Waals surface area contributed by atoms with Gasteiger partial charge in [0.1, 0.15) is 11.0 Å². The van der Waals surface area contributed by atoms with E-state index in [4.69, 9.17) is 4.74 Å². The van der Waals surface area contributed by atoms with Gasteiger partial charge in [-0.15, -0.1) is 0 Å². The van der Waals surface area contributed by atoms with Crippen LogP contribution in [0.15, 0.2) is 18.2 Å². The van der Waals surface area contributed by atoms with Crippen LogP contribution in [0.25, 0.3) is 11.0 Å². The third kappa shape index (κ3) is 2.47. The lowest BCUT2D eigenvalue weighted by Crippen LogP contribution is -2.37. The van der Waals surface area contributed by atoms with Crippen LogP contribution in [0.5, 0.6) is 0 Å². The van der Waals surface area contributed by atoms with Crippen molar-refractivity contribution in [1.29, 1.82) is 0 Å². The molecule has 6 nitrogen and oxygen atoms in total. The first-order valence-electron chi connectivity index (χ1n) is 8.00. The van der Waals surface area contributed by atoms with Crippen LogP contribution in [-0.4, -0.2) is 39.6 Å². The highest BCUT2D eigenvalue weighted by Gasteiger charge is 2.41. The molecule has 4 rings (SSSR count). The second-order valence-corrected chi connectivity index (χ2v) is 6.46. The van der Waals surface area contributed by atoms with E-state index in [1.54, 1.807) is 12.1 Å². The van der Waals surface area contributed by atoms with Crippen LogP contribution in [0.4, 0.5) is 0 Å². The topological polar surface area (TPSA) is 79.9 Å². The summed E-state index contributed by atoms with van der Waals surface area (Å²) in [5.74, 6) is -0.0636. The lowest BCUT2D eigenvalue weighted by Gasteiger charge is -2.32. The molecule has 0 unspecified atom stereocenters. The standard InChI is InChI=1S/C16H20N4O2/c21-15(11-4-5-13-14(8-11)19-20-18-13)17-12-9-16(22-10-12)6-2-1-3-7-16/h4-5,8,12H,1-3,6-7,9-10H2,(H,17,21)(H,18,19,20)/t12-/m0/s1. The zero-order valence-corrected chi connectivity index (χ0v) is 12.5. The van der Waals surface area contributed by atoms with Gasteiger partial charge in [-0.2, -0.15) is 15.4 Å². The maximum absolute atomic E-state index is 12.4. The molecule has 2 aromatic rings. The Morgan fingerprint density at radius 1 is 1.23 bits per heavy atom. The molecule has 1 saturated heterocycles. The number of hydrogen-bond acceptors (Lipinski definition) is 4. The molecule has 116 valence electrons. The first-order chi connectivity index (χ1) is 10.7. The fourth-order valence-corrected chi connectivity index (χ4v) is 3.73. The second kappa shape index (κ2) is 5.35. The molecule has 1 aromatic heterocycles. The molecule has 1 aliphatic heterocycles. The van der Waals surface area contributed by atoms with E-state index in [2.05, 4.69) is 20.7 Å². The normalized spacial score (nSPS) is 23.9. The van der Waals surface area contributed by atoms with E-state index in [0.29, 0.717) is 17.7 Å². The Bertz CT molecular complexity index is 690. The van der Waals surface area contributed by atoms with Crippen molar-refractivity contribution in [3.63, 3.8) is 0 Å². The summed E-state index contributed by atoms with van der Waals surface area (Å²) < 4.78 is 6.05. The van der Waals surface area contributed by atoms with E-state index < -0.39 is 0 Å². The number of fused-ring (bicyclic) bond motifs is 1. The number of aromatic nitrogens is 3. The summed E-state index contributed by atoms with van der Waals surface area (Å²) in [6, 6.07) is 5.47. The van der Waals surface area contributed by atoms with Gasteiger partial charge in [0, 0.05) is 5.56 Å². The van der Waals surface area contributed by atoms with Crippen LogP contribution in [0.2, 0.25) is 0 Å². The number of aromatic amines is 1. The number of benzene rings is 1. The van der Waals surface area contributed by atoms with Crippen molar-refractivity contribution in [3.8, 4) is 0 Å². The molecule has 1 spiro atoms. The molecule has 0 bridgehead atoms. The number of H-pyrrole nitrogens is 1. The van der Waals surface area contributed by atoms with Gasteiger partial charge in [0.2, 0.25) is 0 Å². The van der Waals surface area contributed by atoms with Crippen LogP contribution < -0.4 is 5.32 Å². The average molecular weight is 300 g/mol. The summed E-state index contributed by atoms with van der Waals surface area (Å²) in [5, 5.41) is 13.7. The van der Waals surface area contributed by atoms with E-state index in [1.807, 2.05) is 6.07 Å². The van der Waals surface area contributed by atoms with Gasteiger partial charge in [0.25, 0.3) is 5.91 Å². The van der Waals surface area contributed by atoms with Gasteiger partial charge in [0.15, 0.2) is 0 Å². The summed E-state index contributed by atoms with van der Waals surface area (Å²) in [6.07, 6.45) is 6.98. The third-order valence-corrected chi connectivity index (χ3v) is 4.89. The largest absolute Gasteiger partial charge is 0.373 e. The number of amides is 1. The fourth-order valence-electron chi connectivity index (χ4n) is 3.73. The number of nitrogens with zero attached hydrogens (tertiary/aromatic N) is 2. The van der Waals surface area contributed by atoms with Crippen LogP contribution in [0.3, 0.4) is 0 Å². The van der Waals surface area contributed by atoms with E-state index in [1.165, 1.54) is 19.3 Å². The Morgan fingerprint density at radius 2 is 2.05 bits per heavy atom. The quantitative estimate of drug-likeness (QED) is 0.891. The predicted octanol–water partition coefficient (Wildman–Crippen LogP) is 2.18. The molecule has 1 aromatic carbocycles. The Hall–Kier alpha value is -1.95. The second-order valence-electron chi connectivity index (χ2n) is 6.46. The Kier molecular flexibility index (Phi) is 3.33. The lowest BCUT2D eigenvalue weighted by atomic mass is 9.82. The molecule has 0 radical (unpaired) electrons. The van der Waals surface area contributed by atoms with Gasteiger partial charge in [-0.1, -0.05) is 19.3 Å². The van der Waals surface area contributed by atoms with E-state index in [0.717, 1.165) is 24.8 Å². The zero-order chi connectivity index (χ0) is 15.0. The molecule has 6 heteroatoms. The van der Waals surface area contributed by atoms with Gasteiger partial charge >= 0.3 is 0 Å². The van der Waals surface area contributed by atoms with Gasteiger partial charge < -0.3 is 10.1 Å². The van der Waals surface area contributed by atoms with E-state index >= 15 is 0 Å². The summed E-state index contributed by atoms with van der Waals surface area (Å²) in [5.41, 5.74) is 2.11. The minimum Gasteiger partial charge on any atom is -0.373 e. The molecular weight excluding hydrogens is 280 g/mol. The Labute approximate surface area is 128 Å². The number of ether oxygens (including phenoxy) is 1. The van der Waals surface area contributed by atoms with Gasteiger partial charge in [-0.05, 0) is 37.5 Å². The van der Waals surface area contributed by atoms with Crippen molar-refractivity contribution in [2.45, 2.75) is 50.2 Å². The molecule has 1 saturated carbocycles. The maximum atomic E-state index is 12.4. The number of carbonyl (C=O) groups is 1. The van der Waals surface area contributed by atoms with Crippen molar-refractivity contribution >= 4 is 16.9 Å². The monoisotopic (exact) mass is 300 g/mol. The van der Waals surface area contributed by atoms with Crippen molar-refractivity contribution in [3.05, 3.63) is 23.8 Å². The fraction of sp³-hybridized carbons (Fsp3) is 0.562. The van der Waals surface area contributed by atoms with E-state index in [-0.39, 0.29) is 17.6 Å². The highest BCUT2D eigenvalue weighted by atomic mass is 16.5. The van der Waals surface area contributed by atoms with Crippen LogP contribution in [-0.2, 0) is 4.74 Å². The SMILES string of the molecule is O=C(N[C@@H]1COC2(CCCCC2)C1)c1ccc2n[nH]nc2c1. The number of nitrogens with one attached hydrogen (secondary N) is 2. The summed E-state index contributed by atoms with van der Waals surface area (Å²) in [6.45, 7) is 0.623. The average Bonchev–Trinajstić information content (AvgIpc) is 3.15. The molecule has 2 fully saturated rings. The minimum atomic E-state index is -0.0636. The maximum Gasteiger partial charge on any atom is 0.251 e. The first kappa shape index (κ1) is 13.7. The molecule has 1 aliphatic carbocycles. The third-order valence-electron chi connectivity index (χ3n) is 4.89. The van der Waals surface area contributed by atoms with Crippen molar-refractivity contribution < 1.29 is 9.53 Å². The van der Waals surface area contributed by atoms with Crippen molar-refractivity contribution in [1.82, 2.24) is 20.7 Å². The Morgan fingerprint density at radius 3 is 2.91 bits per heavy atom. The molecular formula is C16H20N4O2. The predicted molar refractivity (Wildman–Crippen MR) is 81.5 cm³/mol. The molecule has 2 aliphatic rings. The lowest BCUT2D eigenvalue weighted by molar-refractivity contribution is -0.0246. The van der Waals surface area contributed by atoms with Crippen LogP contribution >= 0.6 is 0 Å². The highest BCUT2D eigenvalue weighted by molar-refractivity contribution is 5.97. The summed E-state index contributed by atoms with van der Waals surface area (Å²) >= 11 is 0. The molecule has 1 atom stereocenters. The Balaban J connectivity index is 1.43. The number of rotatable bonds is 2. The minimum absolute atomic E-state index is 0.0201. The van der Waals surface area contributed by atoms with Gasteiger partial charge in [0.05, 0.1) is 18.2 Å². The van der Waals surface area contributed by atoms with Crippen LogP contribution in [0.1, 0.15) is 48.9 Å². The molecule has 1 amide bonds. The summed E-state index contributed by atoms with van der Waals surface area (Å²) in [4.78, 5) is 12.4. The van der Waals surface area contributed by atoms with E-state index in [9.17, 15) is 4.79 Å². The number of carbonyl (C=O) groups excluding carboxylic acids is 1. The molecule has 2 N–H and O–H groups in total.